The number of carbonyl (C=O) groups excluding carboxylic acids is 2. The molecule has 146 valence electrons. The van der Waals surface area contributed by atoms with E-state index in [1.54, 1.807) is 30.3 Å². The Morgan fingerprint density at radius 1 is 1.18 bits per heavy atom. The van der Waals surface area contributed by atoms with Gasteiger partial charge in [-0.2, -0.15) is 0 Å². The van der Waals surface area contributed by atoms with Crippen molar-refractivity contribution >= 4 is 23.4 Å². The topological polar surface area (TPSA) is 93.2 Å². The van der Waals surface area contributed by atoms with E-state index >= 15 is 0 Å². The van der Waals surface area contributed by atoms with Gasteiger partial charge in [0.05, 0.1) is 18.4 Å². The van der Waals surface area contributed by atoms with Crippen molar-refractivity contribution in [1.29, 1.82) is 0 Å². The third-order valence-corrected chi connectivity index (χ3v) is 4.61. The Balaban J connectivity index is 1.63. The molecule has 1 aliphatic carbocycles. The molecule has 0 fully saturated rings. The van der Waals surface area contributed by atoms with Crippen molar-refractivity contribution in [3.63, 3.8) is 0 Å². The molecule has 7 heteroatoms. The zero-order chi connectivity index (χ0) is 19.8. The number of amides is 1. The summed E-state index contributed by atoms with van der Waals surface area (Å²) in [7, 11) is 1.33. The molecule has 7 nitrogen and oxygen atoms in total. The highest BCUT2D eigenvalue weighted by molar-refractivity contribution is 5.97. The second kappa shape index (κ2) is 9.64. The van der Waals surface area contributed by atoms with E-state index in [-0.39, 0.29) is 11.6 Å². The van der Waals surface area contributed by atoms with E-state index in [0.717, 1.165) is 19.3 Å². The van der Waals surface area contributed by atoms with Crippen molar-refractivity contribution in [2.45, 2.75) is 32.1 Å². The van der Waals surface area contributed by atoms with E-state index in [4.69, 9.17) is 4.74 Å². The van der Waals surface area contributed by atoms with Gasteiger partial charge in [0.25, 0.3) is 5.91 Å². The minimum Gasteiger partial charge on any atom is -0.465 e. The molecule has 0 aliphatic heterocycles. The maximum absolute atomic E-state index is 12.4. The van der Waals surface area contributed by atoms with Gasteiger partial charge >= 0.3 is 5.97 Å². The van der Waals surface area contributed by atoms with Crippen molar-refractivity contribution in [1.82, 2.24) is 15.3 Å². The molecule has 0 saturated carbocycles. The molecule has 1 heterocycles. The number of rotatable bonds is 7. The standard InChI is InChI=1S/C21H24N4O3/c1-28-21(27)16-9-5-6-10-17(16)25-19-13-18(23-14-24-19)20(26)22-12-11-15-7-3-2-4-8-15/h5-7,9-10,13-14H,2-4,8,11-12H2,1H3,(H,22,26)(H,23,24,25). The number of aromatic nitrogens is 2. The highest BCUT2D eigenvalue weighted by Gasteiger charge is 2.13. The maximum atomic E-state index is 12.4. The Hall–Kier alpha value is -3.22. The molecule has 0 atom stereocenters. The highest BCUT2D eigenvalue weighted by atomic mass is 16.5. The van der Waals surface area contributed by atoms with Gasteiger partial charge < -0.3 is 15.4 Å². The van der Waals surface area contributed by atoms with Crippen LogP contribution in [0.1, 0.15) is 53.0 Å². The average Bonchev–Trinajstić information content (AvgIpc) is 2.74. The van der Waals surface area contributed by atoms with Gasteiger partial charge in [0, 0.05) is 12.6 Å². The van der Waals surface area contributed by atoms with Crippen molar-refractivity contribution in [2.75, 3.05) is 19.0 Å². The molecule has 1 aromatic heterocycles. The summed E-state index contributed by atoms with van der Waals surface area (Å²) >= 11 is 0. The number of nitrogens with one attached hydrogen (secondary N) is 2. The van der Waals surface area contributed by atoms with Gasteiger partial charge in [0.15, 0.2) is 0 Å². The molecule has 0 saturated heterocycles. The molecule has 28 heavy (non-hydrogen) atoms. The lowest BCUT2D eigenvalue weighted by Crippen LogP contribution is -2.26. The van der Waals surface area contributed by atoms with E-state index in [1.165, 1.54) is 31.9 Å². The molecule has 2 N–H and O–H groups in total. The second-order valence-electron chi connectivity index (χ2n) is 6.56. The first-order chi connectivity index (χ1) is 13.7. The van der Waals surface area contributed by atoms with Crippen LogP contribution in [0.2, 0.25) is 0 Å². The number of anilines is 2. The van der Waals surface area contributed by atoms with Gasteiger partial charge in [0.1, 0.15) is 17.8 Å². The van der Waals surface area contributed by atoms with E-state index in [1.807, 2.05) is 0 Å². The number of para-hydroxylation sites is 1. The summed E-state index contributed by atoms with van der Waals surface area (Å²) in [5.41, 5.74) is 2.61. The van der Waals surface area contributed by atoms with Crippen LogP contribution in [-0.2, 0) is 4.74 Å². The monoisotopic (exact) mass is 380 g/mol. The summed E-state index contributed by atoms with van der Waals surface area (Å²) < 4.78 is 4.79. The van der Waals surface area contributed by atoms with Gasteiger partial charge in [-0.15, -0.1) is 0 Å². The van der Waals surface area contributed by atoms with Crippen molar-refractivity contribution < 1.29 is 14.3 Å². The fraction of sp³-hybridized carbons (Fsp3) is 0.333. The Kier molecular flexibility index (Phi) is 6.73. The Morgan fingerprint density at radius 3 is 2.82 bits per heavy atom. The third kappa shape index (κ3) is 5.16. The molecule has 0 spiro atoms. The summed E-state index contributed by atoms with van der Waals surface area (Å²) in [6.45, 7) is 0.586. The lowest BCUT2D eigenvalue weighted by molar-refractivity contribution is 0.0601. The van der Waals surface area contributed by atoms with Gasteiger partial charge in [-0.3, -0.25) is 4.79 Å². The van der Waals surface area contributed by atoms with Crippen LogP contribution in [0.3, 0.4) is 0 Å². The summed E-state index contributed by atoms with van der Waals surface area (Å²) in [4.78, 5) is 32.5. The minimum atomic E-state index is -0.452. The van der Waals surface area contributed by atoms with Crippen LogP contribution in [0.25, 0.3) is 0 Å². The summed E-state index contributed by atoms with van der Waals surface area (Å²) in [5.74, 6) is -0.276. The van der Waals surface area contributed by atoms with Crippen LogP contribution < -0.4 is 10.6 Å². The fourth-order valence-corrected chi connectivity index (χ4v) is 3.13. The van der Waals surface area contributed by atoms with Crippen LogP contribution in [0.4, 0.5) is 11.5 Å². The number of hydrogen-bond acceptors (Lipinski definition) is 6. The molecule has 3 rings (SSSR count). The first-order valence-corrected chi connectivity index (χ1v) is 9.40. The van der Waals surface area contributed by atoms with Crippen molar-refractivity contribution in [3.8, 4) is 0 Å². The molecule has 1 amide bonds. The lowest BCUT2D eigenvalue weighted by Gasteiger charge is -2.13. The SMILES string of the molecule is COC(=O)c1ccccc1Nc1cc(C(=O)NCCC2=CCCCC2)ncn1. The van der Waals surface area contributed by atoms with Crippen LogP contribution in [0, 0.1) is 0 Å². The molecular weight excluding hydrogens is 356 g/mol. The molecule has 2 aromatic rings. The van der Waals surface area contributed by atoms with Crippen LogP contribution >= 0.6 is 0 Å². The van der Waals surface area contributed by atoms with E-state index in [0.29, 0.717) is 23.6 Å². The van der Waals surface area contributed by atoms with Gasteiger partial charge in [-0.05, 0) is 44.2 Å². The van der Waals surface area contributed by atoms with Gasteiger partial charge in [-0.25, -0.2) is 14.8 Å². The van der Waals surface area contributed by atoms with Crippen LogP contribution in [-0.4, -0.2) is 35.5 Å². The molecule has 0 bridgehead atoms. The first kappa shape index (κ1) is 19.5. The molecule has 0 unspecified atom stereocenters. The second-order valence-corrected chi connectivity index (χ2v) is 6.56. The smallest absolute Gasteiger partial charge is 0.339 e. The Bertz CT molecular complexity index is 879. The maximum Gasteiger partial charge on any atom is 0.339 e. The molecule has 0 radical (unpaired) electrons. The Morgan fingerprint density at radius 2 is 2.04 bits per heavy atom. The minimum absolute atomic E-state index is 0.247. The first-order valence-electron chi connectivity index (χ1n) is 9.40. The average molecular weight is 380 g/mol. The number of carbonyl (C=O) groups is 2. The third-order valence-electron chi connectivity index (χ3n) is 4.61. The van der Waals surface area contributed by atoms with E-state index in [9.17, 15) is 9.59 Å². The van der Waals surface area contributed by atoms with E-state index in [2.05, 4.69) is 26.7 Å². The quantitative estimate of drug-likeness (QED) is 0.563. The summed E-state index contributed by atoms with van der Waals surface area (Å²) in [6, 6.07) is 8.50. The predicted molar refractivity (Wildman–Crippen MR) is 107 cm³/mol. The lowest BCUT2D eigenvalue weighted by atomic mass is 9.97. The number of esters is 1. The number of allylic oxidation sites excluding steroid dienone is 1. The van der Waals surface area contributed by atoms with Crippen LogP contribution in [0.5, 0.6) is 0 Å². The zero-order valence-electron chi connectivity index (χ0n) is 15.9. The highest BCUT2D eigenvalue weighted by Crippen LogP contribution is 2.21. The number of ether oxygens (including phenoxy) is 1. The number of methoxy groups -OCH3 is 1. The zero-order valence-corrected chi connectivity index (χ0v) is 15.9. The Labute approximate surface area is 164 Å². The summed E-state index contributed by atoms with van der Waals surface area (Å²) in [5, 5.41) is 5.95. The van der Waals surface area contributed by atoms with Crippen molar-refractivity contribution in [2.24, 2.45) is 0 Å². The van der Waals surface area contributed by atoms with Crippen LogP contribution in [0.15, 0.2) is 48.3 Å². The normalized spacial score (nSPS) is 13.4. The fourth-order valence-electron chi connectivity index (χ4n) is 3.13. The van der Waals surface area contributed by atoms with Gasteiger partial charge in [-0.1, -0.05) is 23.8 Å². The van der Waals surface area contributed by atoms with Crippen molar-refractivity contribution in [3.05, 3.63) is 59.6 Å². The molecule has 1 aromatic carbocycles. The summed E-state index contributed by atoms with van der Waals surface area (Å²) in [6.07, 6.45) is 9.21. The molecular formula is C21H24N4O3. The largest absolute Gasteiger partial charge is 0.465 e. The molecule has 1 aliphatic rings. The number of hydrogen-bond donors (Lipinski definition) is 2. The van der Waals surface area contributed by atoms with E-state index < -0.39 is 5.97 Å². The number of benzene rings is 1. The predicted octanol–water partition coefficient (Wildman–Crippen LogP) is 3.63. The number of nitrogens with zero attached hydrogens (tertiary/aromatic N) is 2. The van der Waals surface area contributed by atoms with Gasteiger partial charge in [0.2, 0.25) is 0 Å².